The predicted octanol–water partition coefficient (Wildman–Crippen LogP) is 2.24. The summed E-state index contributed by atoms with van der Waals surface area (Å²) in [4.78, 5) is 16.4. The predicted molar refractivity (Wildman–Crippen MR) is 92.8 cm³/mol. The van der Waals surface area contributed by atoms with E-state index in [0.717, 1.165) is 10.2 Å². The van der Waals surface area contributed by atoms with Crippen molar-refractivity contribution in [2.45, 2.75) is 11.4 Å². The lowest BCUT2D eigenvalue weighted by atomic mass is 10.3. The zero-order chi connectivity index (χ0) is 18.2. The van der Waals surface area contributed by atoms with Crippen molar-refractivity contribution in [3.63, 3.8) is 0 Å². The van der Waals surface area contributed by atoms with Gasteiger partial charge in [0.05, 0.1) is 15.5 Å². The minimum atomic E-state index is -3.87. The van der Waals surface area contributed by atoms with E-state index >= 15 is 0 Å². The third kappa shape index (κ3) is 3.11. The first kappa shape index (κ1) is 17.1. The molecular formula is C16H16N4O4S. The minimum Gasteiger partial charge on any atom is -0.304 e. The van der Waals surface area contributed by atoms with Crippen LogP contribution >= 0.6 is 0 Å². The summed E-state index contributed by atoms with van der Waals surface area (Å²) in [6, 6.07) is 11.0. The second-order valence-corrected chi connectivity index (χ2v) is 7.61. The number of rotatable bonds is 5. The summed E-state index contributed by atoms with van der Waals surface area (Å²) in [5.74, 6) is 0. The molecule has 9 heteroatoms. The zero-order valence-corrected chi connectivity index (χ0v) is 14.5. The van der Waals surface area contributed by atoms with Crippen LogP contribution in [0.25, 0.3) is 11.0 Å². The molecule has 0 unspecified atom stereocenters. The van der Waals surface area contributed by atoms with Gasteiger partial charge in [-0.2, -0.15) is 0 Å². The molecule has 3 aromatic rings. The molecule has 0 bridgehead atoms. The highest BCUT2D eigenvalue weighted by Gasteiger charge is 2.25. The Labute approximate surface area is 144 Å². The van der Waals surface area contributed by atoms with Crippen molar-refractivity contribution >= 4 is 26.7 Å². The van der Waals surface area contributed by atoms with Crippen LogP contribution in [0, 0.1) is 10.1 Å². The van der Waals surface area contributed by atoms with Gasteiger partial charge < -0.3 is 4.90 Å². The maximum absolute atomic E-state index is 13.1. The SMILES string of the molecule is CN(C)Cc1cc2cc([N+](=O)[O-])cnc2n1S(=O)(=O)c1ccccc1. The summed E-state index contributed by atoms with van der Waals surface area (Å²) >= 11 is 0. The van der Waals surface area contributed by atoms with Crippen molar-refractivity contribution in [1.29, 1.82) is 0 Å². The Morgan fingerprint density at radius 3 is 2.48 bits per heavy atom. The summed E-state index contributed by atoms with van der Waals surface area (Å²) in [6.07, 6.45) is 1.07. The van der Waals surface area contributed by atoms with Gasteiger partial charge in [0.2, 0.25) is 0 Å². The van der Waals surface area contributed by atoms with Gasteiger partial charge in [0.15, 0.2) is 5.65 Å². The van der Waals surface area contributed by atoms with Crippen molar-refractivity contribution in [3.8, 4) is 0 Å². The highest BCUT2D eigenvalue weighted by Crippen LogP contribution is 2.27. The van der Waals surface area contributed by atoms with Gasteiger partial charge in [0.25, 0.3) is 15.7 Å². The van der Waals surface area contributed by atoms with Crippen LogP contribution in [0.5, 0.6) is 0 Å². The smallest absolute Gasteiger partial charge is 0.288 e. The normalized spacial score (nSPS) is 12.0. The van der Waals surface area contributed by atoms with Gasteiger partial charge >= 0.3 is 0 Å². The molecule has 0 N–H and O–H groups in total. The molecule has 0 aliphatic heterocycles. The quantitative estimate of drug-likeness (QED) is 0.511. The Bertz CT molecular complexity index is 1040. The van der Waals surface area contributed by atoms with E-state index < -0.39 is 14.9 Å². The summed E-state index contributed by atoms with van der Waals surface area (Å²) < 4.78 is 27.4. The maximum Gasteiger partial charge on any atom is 0.288 e. The number of nitro groups is 1. The number of pyridine rings is 1. The van der Waals surface area contributed by atoms with Gasteiger partial charge in [-0.3, -0.25) is 10.1 Å². The molecule has 0 spiro atoms. The van der Waals surface area contributed by atoms with E-state index in [1.54, 1.807) is 24.3 Å². The number of benzene rings is 1. The fourth-order valence-corrected chi connectivity index (χ4v) is 4.12. The second kappa shape index (κ2) is 6.26. The van der Waals surface area contributed by atoms with Crippen molar-refractivity contribution < 1.29 is 13.3 Å². The Morgan fingerprint density at radius 1 is 1.20 bits per heavy atom. The van der Waals surface area contributed by atoms with Crippen LogP contribution in [-0.2, 0) is 16.6 Å². The molecule has 0 aliphatic carbocycles. The summed E-state index contributed by atoms with van der Waals surface area (Å²) in [6.45, 7) is 0.343. The Balaban J connectivity index is 2.30. The lowest BCUT2D eigenvalue weighted by Crippen LogP contribution is -2.20. The monoisotopic (exact) mass is 360 g/mol. The van der Waals surface area contributed by atoms with Crippen molar-refractivity contribution in [3.05, 3.63) is 64.5 Å². The van der Waals surface area contributed by atoms with E-state index in [9.17, 15) is 18.5 Å². The first-order valence-corrected chi connectivity index (χ1v) is 8.85. The standard InChI is InChI=1S/C16H16N4O4S/c1-18(2)11-14-9-12-8-13(20(21)22)10-17-16(12)19(14)25(23,24)15-6-4-3-5-7-15/h3-10H,11H2,1-2H3. The van der Waals surface area contributed by atoms with Crippen molar-refractivity contribution in [2.24, 2.45) is 0 Å². The fourth-order valence-electron chi connectivity index (χ4n) is 2.61. The molecule has 0 saturated heterocycles. The van der Waals surface area contributed by atoms with E-state index in [2.05, 4.69) is 4.98 Å². The third-order valence-electron chi connectivity index (χ3n) is 3.63. The molecule has 0 amide bonds. The molecule has 2 heterocycles. The van der Waals surface area contributed by atoms with Crippen LogP contribution in [-0.4, -0.2) is 41.3 Å². The number of fused-ring (bicyclic) bond motifs is 1. The average Bonchev–Trinajstić information content (AvgIpc) is 2.92. The lowest BCUT2D eigenvalue weighted by molar-refractivity contribution is -0.385. The third-order valence-corrected chi connectivity index (χ3v) is 5.38. The Kier molecular flexibility index (Phi) is 4.27. The first-order chi connectivity index (χ1) is 11.8. The molecule has 2 aromatic heterocycles. The number of nitrogens with zero attached hydrogens (tertiary/aromatic N) is 4. The molecule has 130 valence electrons. The van der Waals surface area contributed by atoms with Crippen molar-refractivity contribution in [1.82, 2.24) is 13.9 Å². The highest BCUT2D eigenvalue weighted by atomic mass is 32.2. The van der Waals surface area contributed by atoms with Crippen LogP contribution in [0.1, 0.15) is 5.69 Å². The van der Waals surface area contributed by atoms with Crippen LogP contribution in [0.4, 0.5) is 5.69 Å². The molecule has 0 saturated carbocycles. The molecule has 0 atom stereocenters. The molecule has 1 aromatic carbocycles. The van der Waals surface area contributed by atoms with Crippen LogP contribution in [0.15, 0.2) is 53.6 Å². The largest absolute Gasteiger partial charge is 0.304 e. The fraction of sp³-hybridized carbons (Fsp3) is 0.188. The van der Waals surface area contributed by atoms with E-state index in [1.165, 1.54) is 18.2 Å². The number of hydrogen-bond acceptors (Lipinski definition) is 6. The highest BCUT2D eigenvalue weighted by molar-refractivity contribution is 7.90. The molecule has 8 nitrogen and oxygen atoms in total. The lowest BCUT2D eigenvalue weighted by Gasteiger charge is -2.14. The van der Waals surface area contributed by atoms with E-state index in [-0.39, 0.29) is 16.2 Å². The second-order valence-electron chi connectivity index (χ2n) is 5.82. The van der Waals surface area contributed by atoms with E-state index in [1.807, 2.05) is 19.0 Å². The van der Waals surface area contributed by atoms with Crippen LogP contribution in [0.3, 0.4) is 0 Å². The van der Waals surface area contributed by atoms with Gasteiger partial charge in [0, 0.05) is 18.0 Å². The van der Waals surface area contributed by atoms with Gasteiger partial charge in [-0.25, -0.2) is 17.4 Å². The minimum absolute atomic E-state index is 0.132. The zero-order valence-electron chi connectivity index (χ0n) is 13.7. The van der Waals surface area contributed by atoms with Crippen LogP contribution < -0.4 is 0 Å². The first-order valence-electron chi connectivity index (χ1n) is 7.41. The summed E-state index contributed by atoms with van der Waals surface area (Å²) in [5, 5.41) is 11.4. The number of aromatic nitrogens is 2. The summed E-state index contributed by atoms with van der Waals surface area (Å²) in [7, 11) is -0.249. The molecule has 0 radical (unpaired) electrons. The molecule has 0 fully saturated rings. The molecular weight excluding hydrogens is 344 g/mol. The topological polar surface area (TPSA) is 98.3 Å². The molecule has 25 heavy (non-hydrogen) atoms. The van der Waals surface area contributed by atoms with Gasteiger partial charge in [0.1, 0.15) is 6.20 Å². The average molecular weight is 360 g/mol. The molecule has 0 aliphatic rings. The maximum atomic E-state index is 13.1. The van der Waals surface area contributed by atoms with Crippen LogP contribution in [0.2, 0.25) is 0 Å². The Hall–Kier alpha value is -2.78. The van der Waals surface area contributed by atoms with Gasteiger partial charge in [-0.05, 0) is 32.3 Å². The van der Waals surface area contributed by atoms with E-state index in [0.29, 0.717) is 17.6 Å². The van der Waals surface area contributed by atoms with E-state index in [4.69, 9.17) is 0 Å². The molecule has 3 rings (SSSR count). The van der Waals surface area contributed by atoms with Crippen molar-refractivity contribution in [2.75, 3.05) is 14.1 Å². The van der Waals surface area contributed by atoms with Gasteiger partial charge in [-0.15, -0.1) is 0 Å². The summed E-state index contributed by atoms with van der Waals surface area (Å²) in [5.41, 5.74) is 0.473. The number of hydrogen-bond donors (Lipinski definition) is 0. The van der Waals surface area contributed by atoms with Gasteiger partial charge in [-0.1, -0.05) is 18.2 Å². The Morgan fingerprint density at radius 2 is 1.88 bits per heavy atom.